The summed E-state index contributed by atoms with van der Waals surface area (Å²) in [6.07, 6.45) is 0.809. The molecule has 3 N–H and O–H groups in total. The van der Waals surface area contributed by atoms with Gasteiger partial charge >= 0.3 is 12.1 Å². The molecule has 0 aliphatic carbocycles. The zero-order chi connectivity index (χ0) is 14.3. The molecule has 0 heterocycles. The van der Waals surface area contributed by atoms with Gasteiger partial charge < -0.3 is 20.3 Å². The molecule has 1 unspecified atom stereocenters. The van der Waals surface area contributed by atoms with E-state index in [1.54, 1.807) is 24.3 Å². The molecule has 0 aromatic heterocycles. The maximum Gasteiger partial charge on any atom is 0.514 e. The highest BCUT2D eigenvalue weighted by Crippen LogP contribution is 2.14. The Morgan fingerprint density at radius 2 is 1.95 bits per heavy atom. The summed E-state index contributed by atoms with van der Waals surface area (Å²) in [5, 5.41) is 8.68. The summed E-state index contributed by atoms with van der Waals surface area (Å²) in [5.41, 5.74) is 6.15. The molecule has 1 aromatic carbocycles. The Morgan fingerprint density at radius 1 is 1.35 bits per heavy atom. The Kier molecular flexibility index (Phi) is 8.57. The molecule has 1 aromatic rings. The Hall–Kier alpha value is -1.61. The quantitative estimate of drug-likeness (QED) is 0.332. The molecule has 0 saturated carbocycles. The van der Waals surface area contributed by atoms with Gasteiger partial charge in [-0.2, -0.15) is 0 Å². The van der Waals surface area contributed by atoms with Gasteiger partial charge in [0.15, 0.2) is 0 Å². The van der Waals surface area contributed by atoms with Gasteiger partial charge in [-0.1, -0.05) is 24.8 Å². The average Bonchev–Trinajstić information content (AvgIpc) is 2.38. The summed E-state index contributed by atoms with van der Waals surface area (Å²) < 4.78 is 9.51. The van der Waals surface area contributed by atoms with Crippen LogP contribution in [0.3, 0.4) is 0 Å². The van der Waals surface area contributed by atoms with E-state index in [1.807, 2.05) is 0 Å². The molecule has 0 aliphatic rings. The first-order chi connectivity index (χ1) is 9.02. The van der Waals surface area contributed by atoms with Crippen molar-refractivity contribution in [1.82, 2.24) is 0 Å². The van der Waals surface area contributed by atoms with Crippen molar-refractivity contribution in [1.29, 1.82) is 0 Å². The molecule has 7 heteroatoms. The van der Waals surface area contributed by atoms with Crippen LogP contribution in [0.2, 0.25) is 0 Å². The van der Waals surface area contributed by atoms with E-state index in [-0.39, 0.29) is 37.0 Å². The Morgan fingerprint density at radius 3 is 2.45 bits per heavy atom. The van der Waals surface area contributed by atoms with Crippen molar-refractivity contribution in [3.8, 4) is 5.75 Å². The number of carboxylic acid groups (broad SMARTS) is 1. The van der Waals surface area contributed by atoms with Crippen molar-refractivity contribution >= 4 is 36.1 Å². The minimum absolute atomic E-state index is 0. The lowest BCUT2D eigenvalue weighted by atomic mass is 10.1. The van der Waals surface area contributed by atoms with Crippen LogP contribution >= 0.6 is 24.0 Å². The predicted octanol–water partition coefficient (Wildman–Crippen LogP) is 1.96. The van der Waals surface area contributed by atoms with Crippen molar-refractivity contribution < 1.29 is 24.2 Å². The van der Waals surface area contributed by atoms with E-state index in [1.165, 1.54) is 6.08 Å². The van der Waals surface area contributed by atoms with Gasteiger partial charge in [0.1, 0.15) is 18.4 Å². The summed E-state index contributed by atoms with van der Waals surface area (Å²) in [4.78, 5) is 21.7. The van der Waals surface area contributed by atoms with Gasteiger partial charge in [0.25, 0.3) is 0 Å². The molecule has 1 rings (SSSR count). The lowest BCUT2D eigenvalue weighted by molar-refractivity contribution is -0.138. The maximum atomic E-state index is 11.1. The third kappa shape index (κ3) is 6.53. The highest BCUT2D eigenvalue weighted by Gasteiger charge is 2.12. The molecule has 0 aliphatic heterocycles. The van der Waals surface area contributed by atoms with Crippen LogP contribution in [-0.2, 0) is 16.0 Å². The van der Waals surface area contributed by atoms with E-state index in [4.69, 9.17) is 15.6 Å². The van der Waals surface area contributed by atoms with Crippen molar-refractivity contribution in [2.75, 3.05) is 6.61 Å². The fourth-order valence-corrected chi connectivity index (χ4v) is 1.29. The lowest BCUT2D eigenvalue weighted by Gasteiger charge is -2.07. The number of benzene rings is 1. The molecule has 6 nitrogen and oxygen atoms in total. The number of carbonyl (C=O) groups is 2. The fourth-order valence-electron chi connectivity index (χ4n) is 1.29. The number of hydrogen-bond acceptors (Lipinski definition) is 5. The Bertz CT molecular complexity index is 460. The van der Waals surface area contributed by atoms with E-state index in [2.05, 4.69) is 11.3 Å². The molecule has 20 heavy (non-hydrogen) atoms. The second-order valence-corrected chi connectivity index (χ2v) is 3.74. The van der Waals surface area contributed by atoms with Crippen molar-refractivity contribution in [3.05, 3.63) is 42.5 Å². The smallest absolute Gasteiger partial charge is 0.480 e. The minimum atomic E-state index is -1.06. The number of nitrogens with two attached hydrogens (primary N) is 1. The largest absolute Gasteiger partial charge is 0.514 e. The Labute approximate surface area is 133 Å². The van der Waals surface area contributed by atoms with Crippen LogP contribution in [-0.4, -0.2) is 29.9 Å². The highest BCUT2D eigenvalue weighted by atomic mass is 127. The molecule has 0 bridgehead atoms. The number of halogens is 1. The first-order valence-corrected chi connectivity index (χ1v) is 5.55. The number of ether oxygens (including phenoxy) is 2. The summed E-state index contributed by atoms with van der Waals surface area (Å²) in [6, 6.07) is 5.40. The average molecular weight is 393 g/mol. The van der Waals surface area contributed by atoms with Crippen LogP contribution in [0.25, 0.3) is 0 Å². The van der Waals surface area contributed by atoms with E-state index in [0.29, 0.717) is 5.75 Å². The molecule has 0 radical (unpaired) electrons. The predicted molar refractivity (Wildman–Crippen MR) is 83.3 cm³/mol. The molecule has 0 spiro atoms. The van der Waals surface area contributed by atoms with Gasteiger partial charge in [-0.3, -0.25) is 4.79 Å². The van der Waals surface area contributed by atoms with E-state index >= 15 is 0 Å². The molecule has 1 atom stereocenters. The van der Waals surface area contributed by atoms with E-state index in [0.717, 1.165) is 5.56 Å². The van der Waals surface area contributed by atoms with Gasteiger partial charge in [-0.05, 0) is 24.1 Å². The van der Waals surface area contributed by atoms with Crippen LogP contribution in [0, 0.1) is 0 Å². The van der Waals surface area contributed by atoms with E-state index in [9.17, 15) is 9.59 Å². The molecular formula is C13H16INO5. The van der Waals surface area contributed by atoms with Gasteiger partial charge in [0.2, 0.25) is 0 Å². The van der Waals surface area contributed by atoms with Gasteiger partial charge in [0.05, 0.1) is 0 Å². The first kappa shape index (κ1) is 18.4. The summed E-state index contributed by atoms with van der Waals surface area (Å²) in [7, 11) is 0. The molecular weight excluding hydrogens is 377 g/mol. The normalized spacial score (nSPS) is 10.8. The number of hydrogen-bond donors (Lipinski definition) is 2. The third-order valence-corrected chi connectivity index (χ3v) is 2.22. The van der Waals surface area contributed by atoms with E-state index < -0.39 is 18.2 Å². The number of rotatable bonds is 6. The minimum Gasteiger partial charge on any atom is -0.480 e. The third-order valence-electron chi connectivity index (χ3n) is 2.22. The van der Waals surface area contributed by atoms with Crippen molar-refractivity contribution in [2.45, 2.75) is 12.5 Å². The Balaban J connectivity index is 0.00000361. The van der Waals surface area contributed by atoms with Crippen molar-refractivity contribution in [2.24, 2.45) is 5.73 Å². The zero-order valence-corrected chi connectivity index (χ0v) is 13.0. The summed E-state index contributed by atoms with van der Waals surface area (Å²) in [6.45, 7) is 3.47. The maximum absolute atomic E-state index is 11.1. The zero-order valence-electron chi connectivity index (χ0n) is 10.7. The van der Waals surface area contributed by atoms with Crippen LogP contribution in [0.4, 0.5) is 4.79 Å². The first-order valence-electron chi connectivity index (χ1n) is 5.55. The van der Waals surface area contributed by atoms with Crippen LogP contribution in [0.15, 0.2) is 36.9 Å². The number of aliphatic carboxylic acids is 1. The van der Waals surface area contributed by atoms with Crippen molar-refractivity contribution in [3.63, 3.8) is 0 Å². The molecule has 0 amide bonds. The summed E-state index contributed by atoms with van der Waals surface area (Å²) in [5.74, 6) is -0.755. The standard InChI is InChI=1S/C13H15NO5.HI/c1-2-7-18-13(17)19-10-5-3-9(4-6-10)8-11(14)12(15)16;/h2-6,11H,1,7-8,14H2,(H,15,16);1H. The molecule has 0 saturated heterocycles. The van der Waals surface area contributed by atoms with Gasteiger partial charge in [-0.25, -0.2) is 4.79 Å². The second-order valence-electron chi connectivity index (χ2n) is 3.74. The van der Waals surface area contributed by atoms with Gasteiger partial charge in [-0.15, -0.1) is 24.0 Å². The number of carboxylic acids is 1. The molecule has 0 fully saturated rings. The second kappa shape index (κ2) is 9.32. The summed E-state index contributed by atoms with van der Waals surface area (Å²) >= 11 is 0. The number of carbonyl (C=O) groups excluding carboxylic acids is 1. The highest BCUT2D eigenvalue weighted by molar-refractivity contribution is 14.0. The van der Waals surface area contributed by atoms with Crippen LogP contribution < -0.4 is 10.5 Å². The van der Waals surface area contributed by atoms with Crippen LogP contribution in [0.5, 0.6) is 5.75 Å². The fraction of sp³-hybridized carbons (Fsp3) is 0.231. The van der Waals surface area contributed by atoms with Gasteiger partial charge in [0, 0.05) is 0 Å². The van der Waals surface area contributed by atoms with Crippen LogP contribution in [0.1, 0.15) is 5.56 Å². The monoisotopic (exact) mass is 393 g/mol. The topological polar surface area (TPSA) is 98.9 Å². The molecule has 110 valence electrons. The SMILES string of the molecule is C=CCOC(=O)Oc1ccc(CC(N)C(=O)O)cc1.I. The lowest BCUT2D eigenvalue weighted by Crippen LogP contribution is -2.32.